The summed E-state index contributed by atoms with van der Waals surface area (Å²) in [6, 6.07) is -0.185. The quantitative estimate of drug-likeness (QED) is 0.658. The van der Waals surface area contributed by atoms with Crippen LogP contribution in [-0.4, -0.2) is 43.4 Å². The molecule has 2 saturated carbocycles. The van der Waals surface area contributed by atoms with Gasteiger partial charge in [0, 0.05) is 26.3 Å². The summed E-state index contributed by atoms with van der Waals surface area (Å²) in [6.45, 7) is 1.41. The number of methoxy groups -OCH3 is 1. The van der Waals surface area contributed by atoms with Crippen LogP contribution in [0, 0.1) is 11.3 Å². The molecule has 0 unspecified atom stereocenters. The minimum atomic E-state index is -0.758. The van der Waals surface area contributed by atoms with Gasteiger partial charge in [-0.25, -0.2) is 4.79 Å². The molecular formula is C14H24N2O4. The molecule has 6 heteroatoms. The molecule has 6 nitrogen and oxygen atoms in total. The van der Waals surface area contributed by atoms with Crippen LogP contribution in [0.4, 0.5) is 4.79 Å². The van der Waals surface area contributed by atoms with Gasteiger partial charge in [0.25, 0.3) is 0 Å². The Hall–Kier alpha value is -1.30. The van der Waals surface area contributed by atoms with E-state index in [-0.39, 0.29) is 23.4 Å². The molecular weight excluding hydrogens is 260 g/mol. The Labute approximate surface area is 119 Å². The summed E-state index contributed by atoms with van der Waals surface area (Å²) in [5.74, 6) is -1.07. The van der Waals surface area contributed by atoms with Crippen molar-refractivity contribution in [1.82, 2.24) is 10.6 Å². The summed E-state index contributed by atoms with van der Waals surface area (Å²) >= 11 is 0. The number of ether oxygens (including phenoxy) is 1. The average molecular weight is 284 g/mol. The van der Waals surface area contributed by atoms with Gasteiger partial charge in [-0.15, -0.1) is 0 Å². The molecule has 0 spiro atoms. The SMILES string of the molecule is COCCC1(CNC(=O)N[C@H]2CC[C@@H](C(=O)O)C2)CC1. The fraction of sp³-hybridized carbons (Fsp3) is 0.857. The molecule has 2 rings (SSSR count). The highest BCUT2D eigenvalue weighted by atomic mass is 16.5. The Morgan fingerprint density at radius 2 is 2.10 bits per heavy atom. The average Bonchev–Trinajstić information content (AvgIpc) is 3.04. The molecule has 0 heterocycles. The first-order chi connectivity index (χ1) is 9.54. The number of hydrogen-bond donors (Lipinski definition) is 3. The van der Waals surface area contributed by atoms with Crippen LogP contribution in [0.5, 0.6) is 0 Å². The Kier molecular flexibility index (Phi) is 4.86. The fourth-order valence-corrected chi connectivity index (χ4v) is 2.85. The molecule has 2 atom stereocenters. The van der Waals surface area contributed by atoms with E-state index in [1.165, 1.54) is 0 Å². The van der Waals surface area contributed by atoms with E-state index >= 15 is 0 Å². The summed E-state index contributed by atoms with van der Waals surface area (Å²) in [5.41, 5.74) is 0.229. The van der Waals surface area contributed by atoms with E-state index in [1.54, 1.807) is 7.11 Å². The third-order valence-corrected chi connectivity index (χ3v) is 4.53. The largest absolute Gasteiger partial charge is 0.481 e. The molecule has 20 heavy (non-hydrogen) atoms. The van der Waals surface area contributed by atoms with Gasteiger partial charge in [0.2, 0.25) is 0 Å². The van der Waals surface area contributed by atoms with Crippen LogP contribution in [-0.2, 0) is 9.53 Å². The van der Waals surface area contributed by atoms with Gasteiger partial charge in [0.1, 0.15) is 0 Å². The van der Waals surface area contributed by atoms with Crippen molar-refractivity contribution in [2.75, 3.05) is 20.3 Å². The van der Waals surface area contributed by atoms with Gasteiger partial charge in [-0.05, 0) is 43.9 Å². The monoisotopic (exact) mass is 284 g/mol. The van der Waals surface area contributed by atoms with E-state index in [0.29, 0.717) is 19.4 Å². The molecule has 2 fully saturated rings. The predicted molar refractivity (Wildman–Crippen MR) is 73.5 cm³/mol. The first-order valence-corrected chi connectivity index (χ1v) is 7.31. The standard InChI is InChI=1S/C14H24N2O4/c1-20-7-6-14(4-5-14)9-15-13(19)16-11-3-2-10(8-11)12(17)18/h10-11H,2-9H2,1H3,(H,17,18)(H2,15,16,19)/t10-,11+/m1/s1. The minimum Gasteiger partial charge on any atom is -0.481 e. The van der Waals surface area contributed by atoms with Crippen LogP contribution < -0.4 is 10.6 Å². The third-order valence-electron chi connectivity index (χ3n) is 4.53. The molecule has 0 bridgehead atoms. The van der Waals surface area contributed by atoms with E-state index in [0.717, 1.165) is 32.3 Å². The number of carbonyl (C=O) groups is 2. The maximum Gasteiger partial charge on any atom is 0.315 e. The highest BCUT2D eigenvalue weighted by molar-refractivity contribution is 5.75. The number of rotatable bonds is 7. The van der Waals surface area contributed by atoms with Gasteiger partial charge >= 0.3 is 12.0 Å². The molecule has 0 aromatic heterocycles. The van der Waals surface area contributed by atoms with Crippen molar-refractivity contribution in [3.8, 4) is 0 Å². The summed E-state index contributed by atoms with van der Waals surface area (Å²) in [5, 5.41) is 14.7. The van der Waals surface area contributed by atoms with Crippen LogP contribution in [0.3, 0.4) is 0 Å². The number of carboxylic acids is 1. The van der Waals surface area contributed by atoms with Gasteiger partial charge in [0.05, 0.1) is 5.92 Å². The van der Waals surface area contributed by atoms with Crippen molar-refractivity contribution in [2.24, 2.45) is 11.3 Å². The normalized spacial score (nSPS) is 27.1. The van der Waals surface area contributed by atoms with Crippen molar-refractivity contribution >= 4 is 12.0 Å². The number of hydrogen-bond acceptors (Lipinski definition) is 3. The van der Waals surface area contributed by atoms with Crippen molar-refractivity contribution in [2.45, 2.75) is 44.6 Å². The first-order valence-electron chi connectivity index (χ1n) is 7.31. The van der Waals surface area contributed by atoms with E-state index in [9.17, 15) is 9.59 Å². The highest BCUT2D eigenvalue weighted by Crippen LogP contribution is 2.48. The zero-order valence-electron chi connectivity index (χ0n) is 12.0. The van der Waals surface area contributed by atoms with Crippen molar-refractivity contribution < 1.29 is 19.4 Å². The second-order valence-corrected chi connectivity index (χ2v) is 6.11. The van der Waals surface area contributed by atoms with E-state index in [2.05, 4.69) is 10.6 Å². The highest BCUT2D eigenvalue weighted by Gasteiger charge is 2.42. The second-order valence-electron chi connectivity index (χ2n) is 6.11. The molecule has 2 aliphatic carbocycles. The lowest BCUT2D eigenvalue weighted by Crippen LogP contribution is -2.43. The van der Waals surface area contributed by atoms with Crippen LogP contribution in [0.2, 0.25) is 0 Å². The minimum absolute atomic E-state index is 0.00905. The molecule has 0 aromatic rings. The van der Waals surface area contributed by atoms with Crippen LogP contribution >= 0.6 is 0 Å². The lowest BCUT2D eigenvalue weighted by Gasteiger charge is -2.18. The molecule has 0 aliphatic heterocycles. The Morgan fingerprint density at radius 1 is 1.35 bits per heavy atom. The number of carbonyl (C=O) groups excluding carboxylic acids is 1. The maximum absolute atomic E-state index is 11.8. The zero-order valence-corrected chi connectivity index (χ0v) is 12.0. The summed E-state index contributed by atoms with van der Waals surface area (Å²) in [4.78, 5) is 22.7. The van der Waals surface area contributed by atoms with Crippen LogP contribution in [0.15, 0.2) is 0 Å². The number of nitrogens with one attached hydrogen (secondary N) is 2. The van der Waals surface area contributed by atoms with E-state index < -0.39 is 5.97 Å². The maximum atomic E-state index is 11.8. The topological polar surface area (TPSA) is 87.7 Å². The Bertz CT molecular complexity index is 368. The van der Waals surface area contributed by atoms with E-state index in [4.69, 9.17) is 9.84 Å². The molecule has 0 saturated heterocycles. The Morgan fingerprint density at radius 3 is 2.65 bits per heavy atom. The van der Waals surface area contributed by atoms with Crippen molar-refractivity contribution in [3.63, 3.8) is 0 Å². The van der Waals surface area contributed by atoms with Gasteiger partial charge in [0.15, 0.2) is 0 Å². The summed E-state index contributed by atoms with van der Waals surface area (Å²) in [7, 11) is 1.69. The van der Waals surface area contributed by atoms with Gasteiger partial charge in [-0.1, -0.05) is 0 Å². The number of urea groups is 1. The zero-order chi connectivity index (χ0) is 14.6. The fourth-order valence-electron chi connectivity index (χ4n) is 2.85. The lowest BCUT2D eigenvalue weighted by atomic mass is 10.0. The number of amides is 2. The molecule has 114 valence electrons. The summed E-state index contributed by atoms with van der Waals surface area (Å²) < 4.78 is 5.08. The van der Waals surface area contributed by atoms with Crippen LogP contribution in [0.25, 0.3) is 0 Å². The van der Waals surface area contributed by atoms with Gasteiger partial charge in [-0.2, -0.15) is 0 Å². The number of carboxylic acid groups (broad SMARTS) is 1. The third kappa shape index (κ3) is 4.10. The number of aliphatic carboxylic acids is 1. The molecule has 2 aliphatic rings. The van der Waals surface area contributed by atoms with Crippen LogP contribution in [0.1, 0.15) is 38.5 Å². The van der Waals surface area contributed by atoms with Crippen molar-refractivity contribution in [3.05, 3.63) is 0 Å². The van der Waals surface area contributed by atoms with E-state index in [1.807, 2.05) is 0 Å². The van der Waals surface area contributed by atoms with Gasteiger partial charge in [-0.3, -0.25) is 4.79 Å². The summed E-state index contributed by atoms with van der Waals surface area (Å²) in [6.07, 6.45) is 5.20. The molecule has 3 N–H and O–H groups in total. The first kappa shape index (κ1) is 15.1. The lowest BCUT2D eigenvalue weighted by molar-refractivity contribution is -0.141. The van der Waals surface area contributed by atoms with Gasteiger partial charge < -0.3 is 20.5 Å². The van der Waals surface area contributed by atoms with Crippen molar-refractivity contribution in [1.29, 1.82) is 0 Å². The molecule has 0 radical (unpaired) electrons. The molecule has 0 aromatic carbocycles. The second kappa shape index (κ2) is 6.43. The molecule has 2 amide bonds. The predicted octanol–water partition coefficient (Wildman–Crippen LogP) is 1.36. The smallest absolute Gasteiger partial charge is 0.315 e. The Balaban J connectivity index is 1.65.